The minimum atomic E-state index is 0.179. The number of aliphatic hydroxyl groups excluding tert-OH is 1. The van der Waals surface area contributed by atoms with Gasteiger partial charge in [0.2, 0.25) is 0 Å². The summed E-state index contributed by atoms with van der Waals surface area (Å²) in [4.78, 5) is 0. The number of hydrogen-bond acceptors (Lipinski definition) is 5. The summed E-state index contributed by atoms with van der Waals surface area (Å²) in [5, 5.41) is 18.2. The fourth-order valence-electron chi connectivity index (χ4n) is 0.538. The molecular weight excluding hydrogens is 134 g/mol. The standard InChI is InChI=1S/C5H9N3O2/c9-3-1-2-6-5-4-7-10-8-5/h4,9H,1-3H2,(H,6,8). The molecule has 1 aromatic rings. The van der Waals surface area contributed by atoms with Crippen LogP contribution in [-0.4, -0.2) is 28.6 Å². The van der Waals surface area contributed by atoms with Gasteiger partial charge < -0.3 is 10.4 Å². The number of anilines is 1. The molecule has 0 radical (unpaired) electrons. The van der Waals surface area contributed by atoms with Crippen LogP contribution < -0.4 is 5.32 Å². The molecule has 0 fully saturated rings. The first kappa shape index (κ1) is 7.01. The number of rotatable bonds is 4. The molecule has 0 atom stereocenters. The summed E-state index contributed by atoms with van der Waals surface area (Å²) in [6.45, 7) is 0.864. The van der Waals surface area contributed by atoms with Gasteiger partial charge in [-0.05, 0) is 11.6 Å². The molecule has 0 aromatic carbocycles. The van der Waals surface area contributed by atoms with Crippen LogP contribution in [0.15, 0.2) is 10.8 Å². The predicted octanol–water partition coefficient (Wildman–Crippen LogP) is -0.136. The Morgan fingerprint density at radius 2 is 2.60 bits per heavy atom. The average Bonchev–Trinajstić information content (AvgIpc) is 2.41. The molecule has 1 heterocycles. The Labute approximate surface area is 58.0 Å². The second-order valence-electron chi connectivity index (χ2n) is 1.80. The van der Waals surface area contributed by atoms with E-state index in [1.54, 1.807) is 0 Å². The van der Waals surface area contributed by atoms with E-state index in [0.717, 1.165) is 0 Å². The van der Waals surface area contributed by atoms with Crippen molar-refractivity contribution in [2.45, 2.75) is 6.42 Å². The van der Waals surface area contributed by atoms with Gasteiger partial charge in [-0.25, -0.2) is 4.63 Å². The molecule has 0 bridgehead atoms. The normalized spacial score (nSPS) is 9.70. The molecule has 5 heteroatoms. The summed E-state index contributed by atoms with van der Waals surface area (Å²) in [6.07, 6.45) is 2.18. The number of aliphatic hydroxyl groups is 1. The van der Waals surface area contributed by atoms with E-state index in [9.17, 15) is 0 Å². The Kier molecular flexibility index (Phi) is 2.69. The van der Waals surface area contributed by atoms with Gasteiger partial charge in [-0.1, -0.05) is 5.16 Å². The molecule has 1 aromatic heterocycles. The van der Waals surface area contributed by atoms with E-state index in [1.807, 2.05) is 0 Å². The molecular formula is C5H9N3O2. The third-order valence-electron chi connectivity index (χ3n) is 1.00. The van der Waals surface area contributed by atoms with Crippen molar-refractivity contribution in [1.82, 2.24) is 10.3 Å². The van der Waals surface area contributed by atoms with Crippen molar-refractivity contribution < 1.29 is 9.74 Å². The number of aromatic nitrogens is 2. The van der Waals surface area contributed by atoms with Crippen LogP contribution in [0.3, 0.4) is 0 Å². The zero-order chi connectivity index (χ0) is 7.23. The van der Waals surface area contributed by atoms with E-state index < -0.39 is 0 Å². The average molecular weight is 143 g/mol. The maximum Gasteiger partial charge on any atom is 0.190 e. The van der Waals surface area contributed by atoms with Gasteiger partial charge in [-0.3, -0.25) is 0 Å². The Morgan fingerprint density at radius 1 is 1.70 bits per heavy atom. The maximum atomic E-state index is 8.40. The Bertz CT molecular complexity index is 163. The van der Waals surface area contributed by atoms with Gasteiger partial charge in [-0.15, -0.1) is 0 Å². The van der Waals surface area contributed by atoms with Crippen LogP contribution in [0.1, 0.15) is 6.42 Å². The highest BCUT2D eigenvalue weighted by Gasteiger charge is 1.92. The summed E-state index contributed by atoms with van der Waals surface area (Å²) < 4.78 is 4.32. The quantitative estimate of drug-likeness (QED) is 0.574. The zero-order valence-corrected chi connectivity index (χ0v) is 5.45. The van der Waals surface area contributed by atoms with E-state index in [1.165, 1.54) is 6.20 Å². The molecule has 1 rings (SSSR count). The predicted molar refractivity (Wildman–Crippen MR) is 34.5 cm³/mol. The zero-order valence-electron chi connectivity index (χ0n) is 5.45. The van der Waals surface area contributed by atoms with Crippen molar-refractivity contribution in [2.24, 2.45) is 0 Å². The molecule has 0 unspecified atom stereocenters. The molecule has 0 saturated carbocycles. The van der Waals surface area contributed by atoms with Gasteiger partial charge in [-0.2, -0.15) is 0 Å². The number of nitrogens with zero attached hydrogens (tertiary/aromatic N) is 2. The van der Waals surface area contributed by atoms with Crippen molar-refractivity contribution >= 4 is 5.82 Å². The highest BCUT2D eigenvalue weighted by Crippen LogP contribution is 1.96. The lowest BCUT2D eigenvalue weighted by atomic mass is 10.4. The first-order valence-electron chi connectivity index (χ1n) is 3.06. The fourth-order valence-corrected chi connectivity index (χ4v) is 0.538. The molecule has 0 spiro atoms. The van der Waals surface area contributed by atoms with Gasteiger partial charge in [0.05, 0.1) is 0 Å². The molecule has 2 N–H and O–H groups in total. The van der Waals surface area contributed by atoms with Crippen LogP contribution in [0, 0.1) is 0 Å². The van der Waals surface area contributed by atoms with Crippen molar-refractivity contribution in [3.8, 4) is 0 Å². The van der Waals surface area contributed by atoms with Crippen LogP contribution in [0.2, 0.25) is 0 Å². The third kappa shape index (κ3) is 2.02. The second kappa shape index (κ2) is 3.84. The topological polar surface area (TPSA) is 71.2 Å². The second-order valence-corrected chi connectivity index (χ2v) is 1.80. The van der Waals surface area contributed by atoms with E-state index in [0.29, 0.717) is 18.8 Å². The van der Waals surface area contributed by atoms with Crippen molar-refractivity contribution in [1.29, 1.82) is 0 Å². The maximum absolute atomic E-state index is 8.40. The lowest BCUT2D eigenvalue weighted by Gasteiger charge is -1.96. The molecule has 0 aliphatic rings. The first-order valence-corrected chi connectivity index (χ1v) is 3.06. The molecule has 56 valence electrons. The van der Waals surface area contributed by atoms with Crippen LogP contribution in [0.5, 0.6) is 0 Å². The summed E-state index contributed by atoms with van der Waals surface area (Å²) in [5.41, 5.74) is 0. The monoisotopic (exact) mass is 143 g/mol. The van der Waals surface area contributed by atoms with E-state index in [-0.39, 0.29) is 6.61 Å². The Morgan fingerprint density at radius 3 is 3.20 bits per heavy atom. The van der Waals surface area contributed by atoms with Crippen molar-refractivity contribution in [3.05, 3.63) is 6.20 Å². The van der Waals surface area contributed by atoms with Crippen LogP contribution in [-0.2, 0) is 0 Å². The largest absolute Gasteiger partial charge is 0.396 e. The van der Waals surface area contributed by atoms with E-state index in [4.69, 9.17) is 5.11 Å². The van der Waals surface area contributed by atoms with Crippen molar-refractivity contribution in [2.75, 3.05) is 18.5 Å². The van der Waals surface area contributed by atoms with Crippen molar-refractivity contribution in [3.63, 3.8) is 0 Å². The molecule has 5 nitrogen and oxygen atoms in total. The molecule has 0 aliphatic carbocycles. The Hall–Kier alpha value is -1.10. The molecule has 0 amide bonds. The molecule has 10 heavy (non-hydrogen) atoms. The molecule has 0 saturated heterocycles. The summed E-state index contributed by atoms with van der Waals surface area (Å²) in [5.74, 6) is 0.605. The summed E-state index contributed by atoms with van der Waals surface area (Å²) in [6, 6.07) is 0. The fraction of sp³-hybridized carbons (Fsp3) is 0.600. The SMILES string of the molecule is OCCCNc1cnon1. The van der Waals surface area contributed by atoms with Gasteiger partial charge in [0.25, 0.3) is 0 Å². The highest BCUT2D eigenvalue weighted by molar-refractivity contribution is 5.27. The van der Waals surface area contributed by atoms with Gasteiger partial charge in [0.15, 0.2) is 5.82 Å². The van der Waals surface area contributed by atoms with Crippen LogP contribution >= 0.6 is 0 Å². The Balaban J connectivity index is 2.15. The van der Waals surface area contributed by atoms with Gasteiger partial charge in [0, 0.05) is 13.2 Å². The first-order chi connectivity index (χ1) is 4.93. The minimum Gasteiger partial charge on any atom is -0.396 e. The molecule has 0 aliphatic heterocycles. The van der Waals surface area contributed by atoms with Gasteiger partial charge >= 0.3 is 0 Å². The highest BCUT2D eigenvalue weighted by atomic mass is 16.6. The van der Waals surface area contributed by atoms with Crippen LogP contribution in [0.25, 0.3) is 0 Å². The minimum absolute atomic E-state index is 0.179. The van der Waals surface area contributed by atoms with Gasteiger partial charge in [0.1, 0.15) is 6.20 Å². The number of hydrogen-bond donors (Lipinski definition) is 2. The summed E-state index contributed by atoms with van der Waals surface area (Å²) in [7, 11) is 0. The third-order valence-corrected chi connectivity index (χ3v) is 1.00. The number of nitrogens with one attached hydrogen (secondary N) is 1. The smallest absolute Gasteiger partial charge is 0.190 e. The lowest BCUT2D eigenvalue weighted by Crippen LogP contribution is -2.03. The van der Waals surface area contributed by atoms with E-state index >= 15 is 0 Å². The van der Waals surface area contributed by atoms with E-state index in [2.05, 4.69) is 20.3 Å². The van der Waals surface area contributed by atoms with Crippen LogP contribution in [0.4, 0.5) is 5.82 Å². The summed E-state index contributed by atoms with van der Waals surface area (Å²) >= 11 is 0. The lowest BCUT2D eigenvalue weighted by molar-refractivity contribution is 0.292.